The molecule has 0 spiro atoms. The molecule has 3 nitrogen and oxygen atoms in total. The van der Waals surface area contributed by atoms with E-state index in [1.807, 2.05) is 6.20 Å². The molecule has 1 saturated heterocycles. The van der Waals surface area contributed by atoms with E-state index in [2.05, 4.69) is 63.3 Å². The molecular formula is C25H31N3. The van der Waals surface area contributed by atoms with Crippen LogP contribution < -0.4 is 4.90 Å². The van der Waals surface area contributed by atoms with Crippen molar-refractivity contribution in [1.29, 1.82) is 0 Å². The van der Waals surface area contributed by atoms with E-state index >= 15 is 0 Å². The number of hydrogen-bond acceptors (Lipinski definition) is 2. The fraction of sp³-hybridized carbons (Fsp3) is 0.440. The SMILES string of the molecule is c1ccc2c(c1)CCCN2CCCN1CCC(c2ccc3[nH]ccc3c2)CC1. The van der Waals surface area contributed by atoms with Gasteiger partial charge in [-0.3, -0.25) is 0 Å². The predicted molar refractivity (Wildman–Crippen MR) is 118 cm³/mol. The zero-order valence-corrected chi connectivity index (χ0v) is 16.7. The highest BCUT2D eigenvalue weighted by Crippen LogP contribution is 2.30. The Kier molecular flexibility index (Phi) is 5.09. The second-order valence-corrected chi connectivity index (χ2v) is 8.51. The van der Waals surface area contributed by atoms with Gasteiger partial charge in [0.2, 0.25) is 0 Å². The Bertz CT molecular complexity index is 920. The number of H-pyrrole nitrogens is 1. The van der Waals surface area contributed by atoms with Crippen LogP contribution in [0.5, 0.6) is 0 Å². The van der Waals surface area contributed by atoms with Crippen molar-refractivity contribution >= 4 is 16.6 Å². The lowest BCUT2D eigenvalue weighted by Crippen LogP contribution is -2.36. The van der Waals surface area contributed by atoms with E-state index in [0.29, 0.717) is 0 Å². The fourth-order valence-corrected chi connectivity index (χ4v) is 5.14. The molecule has 1 N–H and O–H groups in total. The average molecular weight is 374 g/mol. The molecule has 0 atom stereocenters. The predicted octanol–water partition coefficient (Wildman–Crippen LogP) is 5.19. The third-order valence-electron chi connectivity index (χ3n) is 6.75. The molecule has 5 rings (SSSR count). The number of benzene rings is 2. The van der Waals surface area contributed by atoms with E-state index in [0.717, 1.165) is 5.92 Å². The summed E-state index contributed by atoms with van der Waals surface area (Å²) in [5, 5.41) is 1.35. The molecule has 2 aliphatic rings. The summed E-state index contributed by atoms with van der Waals surface area (Å²) in [7, 11) is 0. The van der Waals surface area contributed by atoms with Crippen LogP contribution >= 0.6 is 0 Å². The average Bonchev–Trinajstić information content (AvgIpc) is 3.22. The van der Waals surface area contributed by atoms with Gasteiger partial charge in [-0.2, -0.15) is 0 Å². The summed E-state index contributed by atoms with van der Waals surface area (Å²) >= 11 is 0. The van der Waals surface area contributed by atoms with Crippen LogP contribution in [-0.4, -0.2) is 42.6 Å². The molecule has 28 heavy (non-hydrogen) atoms. The molecule has 3 heterocycles. The Morgan fingerprint density at radius 1 is 0.929 bits per heavy atom. The number of fused-ring (bicyclic) bond motifs is 2. The number of aromatic amines is 1. The molecule has 3 aromatic rings. The van der Waals surface area contributed by atoms with E-state index in [9.17, 15) is 0 Å². The van der Waals surface area contributed by atoms with Gasteiger partial charge in [0.25, 0.3) is 0 Å². The lowest BCUT2D eigenvalue weighted by atomic mass is 9.89. The number of para-hydroxylation sites is 1. The normalized spacial score (nSPS) is 18.5. The number of hydrogen-bond donors (Lipinski definition) is 1. The summed E-state index contributed by atoms with van der Waals surface area (Å²) in [4.78, 5) is 8.59. The monoisotopic (exact) mass is 373 g/mol. The van der Waals surface area contributed by atoms with Gasteiger partial charge in [0, 0.05) is 30.5 Å². The van der Waals surface area contributed by atoms with Crippen molar-refractivity contribution in [1.82, 2.24) is 9.88 Å². The maximum absolute atomic E-state index is 3.30. The van der Waals surface area contributed by atoms with Crippen molar-refractivity contribution in [2.75, 3.05) is 37.6 Å². The van der Waals surface area contributed by atoms with Gasteiger partial charge in [0.15, 0.2) is 0 Å². The quantitative estimate of drug-likeness (QED) is 0.665. The van der Waals surface area contributed by atoms with Crippen molar-refractivity contribution in [3.63, 3.8) is 0 Å². The second kappa shape index (κ2) is 8.00. The maximum Gasteiger partial charge on any atom is 0.0454 e. The van der Waals surface area contributed by atoms with Crippen LogP contribution in [-0.2, 0) is 6.42 Å². The second-order valence-electron chi connectivity index (χ2n) is 8.51. The molecule has 0 amide bonds. The summed E-state index contributed by atoms with van der Waals surface area (Å²) in [6.45, 7) is 6.14. The number of aryl methyl sites for hydroxylation is 1. The lowest BCUT2D eigenvalue weighted by molar-refractivity contribution is 0.211. The Labute approximate surface area is 168 Å². The summed E-state index contributed by atoms with van der Waals surface area (Å²) < 4.78 is 0. The maximum atomic E-state index is 3.30. The van der Waals surface area contributed by atoms with E-state index in [4.69, 9.17) is 0 Å². The zero-order valence-electron chi connectivity index (χ0n) is 16.7. The number of rotatable bonds is 5. The minimum absolute atomic E-state index is 0.726. The van der Waals surface area contributed by atoms with Crippen LogP contribution in [0.3, 0.4) is 0 Å². The fourth-order valence-electron chi connectivity index (χ4n) is 5.14. The molecule has 0 saturated carbocycles. The molecule has 0 unspecified atom stereocenters. The number of piperidine rings is 1. The summed E-state index contributed by atoms with van der Waals surface area (Å²) in [5.74, 6) is 0.726. The van der Waals surface area contributed by atoms with Gasteiger partial charge in [-0.15, -0.1) is 0 Å². The Morgan fingerprint density at radius 2 is 1.82 bits per heavy atom. The smallest absolute Gasteiger partial charge is 0.0454 e. The van der Waals surface area contributed by atoms with E-state index in [1.54, 1.807) is 0 Å². The lowest BCUT2D eigenvalue weighted by Gasteiger charge is -2.34. The van der Waals surface area contributed by atoms with Crippen molar-refractivity contribution < 1.29 is 0 Å². The van der Waals surface area contributed by atoms with E-state index < -0.39 is 0 Å². The number of nitrogens with zero attached hydrogens (tertiary/aromatic N) is 2. The van der Waals surface area contributed by atoms with Gasteiger partial charge in [-0.25, -0.2) is 0 Å². The van der Waals surface area contributed by atoms with Gasteiger partial charge in [0.1, 0.15) is 0 Å². The largest absolute Gasteiger partial charge is 0.371 e. The third kappa shape index (κ3) is 3.68. The number of aromatic nitrogens is 1. The van der Waals surface area contributed by atoms with Crippen molar-refractivity contribution in [3.05, 3.63) is 65.9 Å². The van der Waals surface area contributed by atoms with Gasteiger partial charge in [-0.05, 0) is 98.4 Å². The van der Waals surface area contributed by atoms with Crippen LogP contribution in [0.4, 0.5) is 5.69 Å². The minimum Gasteiger partial charge on any atom is -0.371 e. The Morgan fingerprint density at radius 3 is 2.75 bits per heavy atom. The molecule has 2 aliphatic heterocycles. The molecule has 2 aromatic carbocycles. The van der Waals surface area contributed by atoms with Crippen LogP contribution in [0.2, 0.25) is 0 Å². The third-order valence-corrected chi connectivity index (χ3v) is 6.75. The van der Waals surface area contributed by atoms with Crippen LogP contribution in [0.1, 0.15) is 42.7 Å². The number of anilines is 1. The zero-order chi connectivity index (χ0) is 18.8. The first kappa shape index (κ1) is 17.8. The summed E-state index contributed by atoms with van der Waals surface area (Å²) in [5.41, 5.74) is 5.79. The van der Waals surface area contributed by atoms with Crippen LogP contribution in [0, 0.1) is 0 Å². The Hall–Kier alpha value is -2.26. The van der Waals surface area contributed by atoms with Crippen molar-refractivity contribution in [3.8, 4) is 0 Å². The summed E-state index contributed by atoms with van der Waals surface area (Å²) in [6.07, 6.45) is 8.44. The first-order chi connectivity index (χ1) is 13.9. The number of likely N-dealkylation sites (tertiary alicyclic amines) is 1. The van der Waals surface area contributed by atoms with Gasteiger partial charge < -0.3 is 14.8 Å². The molecule has 3 heteroatoms. The van der Waals surface area contributed by atoms with Crippen LogP contribution in [0.15, 0.2) is 54.7 Å². The molecule has 0 radical (unpaired) electrons. The van der Waals surface area contributed by atoms with Crippen molar-refractivity contribution in [2.24, 2.45) is 0 Å². The highest BCUT2D eigenvalue weighted by atomic mass is 15.2. The highest BCUT2D eigenvalue weighted by molar-refractivity contribution is 5.80. The molecular weight excluding hydrogens is 342 g/mol. The highest BCUT2D eigenvalue weighted by Gasteiger charge is 2.21. The molecule has 0 bridgehead atoms. The molecule has 146 valence electrons. The van der Waals surface area contributed by atoms with Gasteiger partial charge >= 0.3 is 0 Å². The van der Waals surface area contributed by atoms with Gasteiger partial charge in [0.05, 0.1) is 0 Å². The van der Waals surface area contributed by atoms with Crippen LogP contribution in [0.25, 0.3) is 10.9 Å². The topological polar surface area (TPSA) is 22.3 Å². The molecule has 1 fully saturated rings. The van der Waals surface area contributed by atoms with Crippen molar-refractivity contribution in [2.45, 2.75) is 38.0 Å². The Balaban J connectivity index is 1.11. The first-order valence-electron chi connectivity index (χ1n) is 11.0. The van der Waals surface area contributed by atoms with Gasteiger partial charge in [-0.1, -0.05) is 24.3 Å². The van der Waals surface area contributed by atoms with E-state index in [-0.39, 0.29) is 0 Å². The van der Waals surface area contributed by atoms with E-state index in [1.165, 1.54) is 92.5 Å². The standard InChI is InChI=1S/C25H31N3/c1-2-7-25-21(5-1)6-3-15-28(25)16-4-14-27-17-11-20(12-18-27)22-8-9-24-23(19-22)10-13-26-24/h1-2,5,7-10,13,19-20,26H,3-4,6,11-12,14-18H2. The minimum atomic E-state index is 0.726. The molecule has 1 aromatic heterocycles. The number of nitrogens with one attached hydrogen (secondary N) is 1. The first-order valence-corrected chi connectivity index (χ1v) is 11.0. The summed E-state index contributed by atoms with van der Waals surface area (Å²) in [6, 6.07) is 18.1. The molecule has 0 aliphatic carbocycles.